The number of ether oxygens (including phenoxy) is 1. The van der Waals surface area contributed by atoms with Crippen molar-refractivity contribution in [3.63, 3.8) is 0 Å². The molecule has 3 aromatic rings. The summed E-state index contributed by atoms with van der Waals surface area (Å²) in [7, 11) is 1.49. The predicted molar refractivity (Wildman–Crippen MR) is 74.6 cm³/mol. The zero-order valence-electron chi connectivity index (χ0n) is 11.1. The van der Waals surface area contributed by atoms with Crippen LogP contribution in [0.5, 0.6) is 5.75 Å². The van der Waals surface area contributed by atoms with E-state index in [0.29, 0.717) is 22.7 Å². The van der Waals surface area contributed by atoms with Crippen LogP contribution in [0.1, 0.15) is 15.9 Å². The van der Waals surface area contributed by atoms with Crippen molar-refractivity contribution in [2.45, 2.75) is 0 Å². The molecule has 0 radical (unpaired) electrons. The molecule has 5 heteroatoms. The summed E-state index contributed by atoms with van der Waals surface area (Å²) >= 11 is 0. The fraction of sp³-hybridized carbons (Fsp3) is 0.0625. The maximum atomic E-state index is 13.8. The number of carbonyl (C=O) groups excluding carboxylic acids is 1. The fourth-order valence-electron chi connectivity index (χ4n) is 2.32. The normalized spacial score (nSPS) is 10.8. The largest absolute Gasteiger partial charge is 0.496 e. The van der Waals surface area contributed by atoms with Crippen molar-refractivity contribution in [1.82, 2.24) is 4.98 Å². The molecule has 0 saturated carbocycles. The first kappa shape index (κ1) is 13.3. The van der Waals surface area contributed by atoms with Crippen molar-refractivity contribution in [2.75, 3.05) is 7.11 Å². The summed E-state index contributed by atoms with van der Waals surface area (Å²) in [6.45, 7) is 0. The van der Waals surface area contributed by atoms with Crippen LogP contribution in [-0.4, -0.2) is 17.9 Å². The Labute approximate surface area is 119 Å². The molecule has 0 atom stereocenters. The topological polar surface area (TPSA) is 42.1 Å². The third-order valence-electron chi connectivity index (χ3n) is 3.31. The van der Waals surface area contributed by atoms with Gasteiger partial charge in [-0.2, -0.15) is 0 Å². The second-order valence-corrected chi connectivity index (χ2v) is 4.54. The van der Waals surface area contributed by atoms with Crippen LogP contribution in [0.2, 0.25) is 0 Å². The molecule has 1 N–H and O–H groups in total. The highest BCUT2D eigenvalue weighted by Crippen LogP contribution is 2.30. The molecule has 0 saturated heterocycles. The number of benzene rings is 2. The molecule has 0 spiro atoms. The molecule has 2 aromatic carbocycles. The number of halogens is 2. The monoisotopic (exact) mass is 287 g/mol. The number of aromatic nitrogens is 1. The number of methoxy groups -OCH3 is 1. The third kappa shape index (κ3) is 2.16. The van der Waals surface area contributed by atoms with Crippen LogP contribution in [0.15, 0.2) is 42.6 Å². The summed E-state index contributed by atoms with van der Waals surface area (Å²) in [4.78, 5) is 15.4. The number of fused-ring (bicyclic) bond motifs is 1. The second-order valence-electron chi connectivity index (χ2n) is 4.54. The van der Waals surface area contributed by atoms with E-state index in [2.05, 4.69) is 4.98 Å². The van der Waals surface area contributed by atoms with Gasteiger partial charge in [0.2, 0.25) is 0 Å². The molecule has 3 rings (SSSR count). The molecule has 0 fully saturated rings. The van der Waals surface area contributed by atoms with Crippen LogP contribution < -0.4 is 4.74 Å². The minimum atomic E-state index is -0.885. The SMILES string of the molecule is COc1cccc2[nH]cc(C(=O)c3ccc(F)cc3F)c12. The smallest absolute Gasteiger partial charge is 0.198 e. The van der Waals surface area contributed by atoms with Crippen molar-refractivity contribution in [1.29, 1.82) is 0 Å². The standard InChI is InChI=1S/C16H11F2NO2/c1-21-14-4-2-3-13-15(14)11(8-19-13)16(20)10-6-5-9(17)7-12(10)18/h2-8,19H,1H3. The lowest BCUT2D eigenvalue weighted by Gasteiger charge is -2.05. The number of aromatic amines is 1. The lowest BCUT2D eigenvalue weighted by atomic mass is 10.0. The van der Waals surface area contributed by atoms with Crippen molar-refractivity contribution in [3.05, 3.63) is 65.4 Å². The molecule has 3 nitrogen and oxygen atoms in total. The molecular formula is C16H11F2NO2. The van der Waals surface area contributed by atoms with E-state index in [0.717, 1.165) is 12.1 Å². The average molecular weight is 287 g/mol. The maximum absolute atomic E-state index is 13.8. The highest BCUT2D eigenvalue weighted by atomic mass is 19.1. The zero-order valence-corrected chi connectivity index (χ0v) is 11.1. The number of nitrogens with one attached hydrogen (secondary N) is 1. The molecule has 0 unspecified atom stereocenters. The first-order chi connectivity index (χ1) is 10.1. The van der Waals surface area contributed by atoms with Crippen LogP contribution in [0.3, 0.4) is 0 Å². The van der Waals surface area contributed by atoms with Gasteiger partial charge in [0, 0.05) is 17.8 Å². The lowest BCUT2D eigenvalue weighted by Crippen LogP contribution is -2.04. The predicted octanol–water partition coefficient (Wildman–Crippen LogP) is 3.69. The van der Waals surface area contributed by atoms with Crippen LogP contribution in [0.4, 0.5) is 8.78 Å². The molecule has 0 amide bonds. The van der Waals surface area contributed by atoms with Gasteiger partial charge < -0.3 is 9.72 Å². The van der Waals surface area contributed by atoms with Gasteiger partial charge in [-0.05, 0) is 24.3 Å². The Morgan fingerprint density at radius 2 is 1.95 bits per heavy atom. The minimum absolute atomic E-state index is 0.178. The van der Waals surface area contributed by atoms with Gasteiger partial charge in [0.15, 0.2) is 5.78 Å². The Hall–Kier alpha value is -2.69. The van der Waals surface area contributed by atoms with E-state index in [9.17, 15) is 13.6 Å². The molecule has 106 valence electrons. The van der Waals surface area contributed by atoms with Gasteiger partial charge in [-0.25, -0.2) is 8.78 Å². The van der Waals surface area contributed by atoms with Crippen LogP contribution >= 0.6 is 0 Å². The van der Waals surface area contributed by atoms with Crippen molar-refractivity contribution in [3.8, 4) is 5.75 Å². The number of carbonyl (C=O) groups is 1. The molecule has 1 heterocycles. The Kier molecular flexibility index (Phi) is 3.17. The van der Waals surface area contributed by atoms with Gasteiger partial charge in [-0.15, -0.1) is 0 Å². The quantitative estimate of drug-likeness (QED) is 0.746. The summed E-state index contributed by atoms with van der Waals surface area (Å²) in [6.07, 6.45) is 1.50. The lowest BCUT2D eigenvalue weighted by molar-refractivity contribution is 0.103. The first-order valence-electron chi connectivity index (χ1n) is 6.25. The molecule has 0 aliphatic carbocycles. The molecule has 0 aliphatic heterocycles. The maximum Gasteiger partial charge on any atom is 0.198 e. The van der Waals surface area contributed by atoms with E-state index in [4.69, 9.17) is 4.74 Å². The van der Waals surface area contributed by atoms with Gasteiger partial charge in [-0.3, -0.25) is 4.79 Å². The Morgan fingerprint density at radius 3 is 2.67 bits per heavy atom. The summed E-state index contributed by atoms with van der Waals surface area (Å²) < 4.78 is 32.0. The number of hydrogen-bond donors (Lipinski definition) is 1. The van der Waals surface area contributed by atoms with Crippen molar-refractivity contribution >= 4 is 16.7 Å². The molecule has 21 heavy (non-hydrogen) atoms. The summed E-state index contributed by atoms with van der Waals surface area (Å²) in [6, 6.07) is 8.18. The Bertz CT molecular complexity index is 839. The van der Waals surface area contributed by atoms with Crippen molar-refractivity contribution < 1.29 is 18.3 Å². The van der Waals surface area contributed by atoms with Crippen LogP contribution in [0.25, 0.3) is 10.9 Å². The van der Waals surface area contributed by atoms with E-state index < -0.39 is 17.4 Å². The zero-order chi connectivity index (χ0) is 15.0. The van der Waals surface area contributed by atoms with E-state index in [1.807, 2.05) is 0 Å². The molecule has 0 bridgehead atoms. The second kappa shape index (κ2) is 5.01. The van der Waals surface area contributed by atoms with Gasteiger partial charge in [0.1, 0.15) is 17.4 Å². The fourth-order valence-corrected chi connectivity index (χ4v) is 2.32. The van der Waals surface area contributed by atoms with Gasteiger partial charge in [0.25, 0.3) is 0 Å². The third-order valence-corrected chi connectivity index (χ3v) is 3.31. The summed E-state index contributed by atoms with van der Waals surface area (Å²) in [5, 5.41) is 0.578. The Balaban J connectivity index is 2.18. The van der Waals surface area contributed by atoms with Crippen molar-refractivity contribution in [2.24, 2.45) is 0 Å². The van der Waals surface area contributed by atoms with E-state index in [1.165, 1.54) is 13.3 Å². The number of hydrogen-bond acceptors (Lipinski definition) is 2. The van der Waals surface area contributed by atoms with E-state index in [1.54, 1.807) is 18.2 Å². The van der Waals surface area contributed by atoms with Gasteiger partial charge in [-0.1, -0.05) is 6.07 Å². The molecular weight excluding hydrogens is 276 g/mol. The first-order valence-corrected chi connectivity index (χ1v) is 6.25. The number of rotatable bonds is 3. The summed E-state index contributed by atoms with van der Waals surface area (Å²) in [5.74, 6) is -1.62. The van der Waals surface area contributed by atoms with Crippen LogP contribution in [-0.2, 0) is 0 Å². The minimum Gasteiger partial charge on any atom is -0.496 e. The highest BCUT2D eigenvalue weighted by molar-refractivity contribution is 6.17. The summed E-state index contributed by atoms with van der Waals surface area (Å²) in [5.41, 5.74) is 0.816. The van der Waals surface area contributed by atoms with E-state index in [-0.39, 0.29) is 11.1 Å². The highest BCUT2D eigenvalue weighted by Gasteiger charge is 2.20. The molecule has 1 aromatic heterocycles. The average Bonchev–Trinajstić information content (AvgIpc) is 2.90. The molecule has 0 aliphatic rings. The number of ketones is 1. The number of H-pyrrole nitrogens is 1. The van der Waals surface area contributed by atoms with E-state index >= 15 is 0 Å². The van der Waals surface area contributed by atoms with Gasteiger partial charge >= 0.3 is 0 Å². The van der Waals surface area contributed by atoms with Crippen LogP contribution in [0, 0.1) is 11.6 Å². The Morgan fingerprint density at radius 1 is 1.14 bits per heavy atom. The van der Waals surface area contributed by atoms with Gasteiger partial charge in [0.05, 0.1) is 23.6 Å².